The molecular weight excluding hydrogens is 392 g/mol. The molecule has 3 aromatic rings. The van der Waals surface area contributed by atoms with Crippen molar-refractivity contribution in [1.82, 2.24) is 10.3 Å². The number of aromatic nitrogens is 1. The van der Waals surface area contributed by atoms with Gasteiger partial charge in [-0.15, -0.1) is 0 Å². The van der Waals surface area contributed by atoms with Gasteiger partial charge in [-0.3, -0.25) is 0 Å². The molecule has 1 aromatic heterocycles. The standard InChI is InChI=1S/C21H25BrN2O2/c1-3-12-26-21-17(18(22)8-9-20(21)25-2)14-23-11-10-15-13-24-19-7-5-4-6-16(15)19/h4-9,13,23-24H,3,10-12,14H2,1-2H3. The largest absolute Gasteiger partial charge is 0.493 e. The summed E-state index contributed by atoms with van der Waals surface area (Å²) in [6.07, 6.45) is 4.03. The highest BCUT2D eigenvalue weighted by Gasteiger charge is 2.14. The summed E-state index contributed by atoms with van der Waals surface area (Å²) < 4.78 is 12.5. The van der Waals surface area contributed by atoms with Crippen molar-refractivity contribution in [2.24, 2.45) is 0 Å². The van der Waals surface area contributed by atoms with E-state index in [-0.39, 0.29) is 0 Å². The van der Waals surface area contributed by atoms with Gasteiger partial charge in [0.1, 0.15) is 0 Å². The van der Waals surface area contributed by atoms with Crippen LogP contribution in [0.1, 0.15) is 24.5 Å². The molecule has 26 heavy (non-hydrogen) atoms. The van der Waals surface area contributed by atoms with Gasteiger partial charge in [-0.2, -0.15) is 0 Å². The molecule has 0 saturated heterocycles. The van der Waals surface area contributed by atoms with Crippen molar-refractivity contribution in [2.45, 2.75) is 26.3 Å². The van der Waals surface area contributed by atoms with Crippen LogP contribution < -0.4 is 14.8 Å². The Labute approximate surface area is 163 Å². The molecule has 138 valence electrons. The first kappa shape index (κ1) is 18.8. The Morgan fingerprint density at radius 1 is 1.15 bits per heavy atom. The Morgan fingerprint density at radius 3 is 2.81 bits per heavy atom. The van der Waals surface area contributed by atoms with Crippen LogP contribution in [0.3, 0.4) is 0 Å². The van der Waals surface area contributed by atoms with Crippen molar-refractivity contribution in [3.05, 3.63) is 58.2 Å². The van der Waals surface area contributed by atoms with Gasteiger partial charge in [-0.25, -0.2) is 0 Å². The molecule has 5 heteroatoms. The maximum Gasteiger partial charge on any atom is 0.166 e. The maximum atomic E-state index is 5.95. The van der Waals surface area contributed by atoms with Gasteiger partial charge in [-0.05, 0) is 43.1 Å². The topological polar surface area (TPSA) is 46.3 Å². The van der Waals surface area contributed by atoms with Crippen molar-refractivity contribution in [3.8, 4) is 11.5 Å². The van der Waals surface area contributed by atoms with E-state index in [4.69, 9.17) is 9.47 Å². The number of methoxy groups -OCH3 is 1. The van der Waals surface area contributed by atoms with Crippen LogP contribution in [-0.2, 0) is 13.0 Å². The number of ether oxygens (including phenoxy) is 2. The molecule has 0 aliphatic rings. The van der Waals surface area contributed by atoms with Gasteiger partial charge in [0.15, 0.2) is 11.5 Å². The highest BCUT2D eigenvalue weighted by atomic mass is 79.9. The molecule has 2 N–H and O–H groups in total. The van der Waals surface area contributed by atoms with E-state index in [1.54, 1.807) is 7.11 Å². The molecule has 0 spiro atoms. The van der Waals surface area contributed by atoms with Crippen LogP contribution in [0, 0.1) is 0 Å². The van der Waals surface area contributed by atoms with Crippen molar-refractivity contribution >= 4 is 26.8 Å². The van der Waals surface area contributed by atoms with E-state index in [0.717, 1.165) is 47.5 Å². The molecule has 0 radical (unpaired) electrons. The number of fused-ring (bicyclic) bond motifs is 1. The fraction of sp³-hybridized carbons (Fsp3) is 0.333. The second-order valence-corrected chi connectivity index (χ2v) is 7.05. The lowest BCUT2D eigenvalue weighted by atomic mass is 10.1. The predicted molar refractivity (Wildman–Crippen MR) is 110 cm³/mol. The highest BCUT2D eigenvalue weighted by molar-refractivity contribution is 9.10. The van der Waals surface area contributed by atoms with E-state index in [1.165, 1.54) is 16.5 Å². The van der Waals surface area contributed by atoms with Crippen molar-refractivity contribution in [3.63, 3.8) is 0 Å². The highest BCUT2D eigenvalue weighted by Crippen LogP contribution is 2.36. The number of nitrogens with one attached hydrogen (secondary N) is 2. The van der Waals surface area contributed by atoms with Crippen LogP contribution in [-0.4, -0.2) is 25.2 Å². The molecule has 0 amide bonds. The minimum atomic E-state index is 0.676. The molecule has 0 bridgehead atoms. The van der Waals surface area contributed by atoms with E-state index in [0.29, 0.717) is 6.61 Å². The van der Waals surface area contributed by atoms with Crippen LogP contribution in [0.5, 0.6) is 11.5 Å². The van der Waals surface area contributed by atoms with Gasteiger partial charge < -0.3 is 19.8 Å². The zero-order chi connectivity index (χ0) is 18.4. The molecule has 0 unspecified atom stereocenters. The predicted octanol–water partition coefficient (Wildman–Crippen LogP) is 5.06. The minimum Gasteiger partial charge on any atom is -0.493 e. The lowest BCUT2D eigenvalue weighted by molar-refractivity contribution is 0.290. The number of rotatable bonds is 9. The fourth-order valence-electron chi connectivity index (χ4n) is 3.05. The lowest BCUT2D eigenvalue weighted by Crippen LogP contribution is -2.18. The second-order valence-electron chi connectivity index (χ2n) is 6.19. The minimum absolute atomic E-state index is 0.676. The summed E-state index contributed by atoms with van der Waals surface area (Å²) in [6.45, 7) is 4.39. The number of hydrogen-bond acceptors (Lipinski definition) is 3. The number of hydrogen-bond donors (Lipinski definition) is 2. The third kappa shape index (κ3) is 4.22. The van der Waals surface area contributed by atoms with Gasteiger partial charge in [0.25, 0.3) is 0 Å². The molecule has 0 saturated carbocycles. The van der Waals surface area contributed by atoms with E-state index in [1.807, 2.05) is 12.1 Å². The van der Waals surface area contributed by atoms with Gasteiger partial charge >= 0.3 is 0 Å². The summed E-state index contributed by atoms with van der Waals surface area (Å²) in [5.74, 6) is 1.60. The molecule has 2 aromatic carbocycles. The van der Waals surface area contributed by atoms with Crippen molar-refractivity contribution in [2.75, 3.05) is 20.3 Å². The molecule has 4 nitrogen and oxygen atoms in total. The summed E-state index contributed by atoms with van der Waals surface area (Å²) in [5, 5.41) is 4.83. The second kappa shape index (κ2) is 9.10. The van der Waals surface area contributed by atoms with Gasteiger partial charge in [0.2, 0.25) is 0 Å². The fourth-order valence-corrected chi connectivity index (χ4v) is 3.50. The van der Waals surface area contributed by atoms with Crippen molar-refractivity contribution < 1.29 is 9.47 Å². The Kier molecular flexibility index (Phi) is 6.58. The van der Waals surface area contributed by atoms with E-state index >= 15 is 0 Å². The summed E-state index contributed by atoms with van der Waals surface area (Å²) in [5.41, 5.74) is 3.62. The Balaban J connectivity index is 1.65. The third-order valence-electron chi connectivity index (χ3n) is 4.39. The third-order valence-corrected chi connectivity index (χ3v) is 5.13. The van der Waals surface area contributed by atoms with Gasteiger partial charge in [0, 0.05) is 33.7 Å². The van der Waals surface area contributed by atoms with Crippen LogP contribution in [0.4, 0.5) is 0 Å². The molecule has 0 fully saturated rings. The maximum absolute atomic E-state index is 5.95. The quantitative estimate of drug-likeness (QED) is 0.479. The summed E-state index contributed by atoms with van der Waals surface area (Å²) in [6, 6.07) is 12.4. The molecule has 0 aliphatic carbocycles. The first-order valence-corrected chi connectivity index (χ1v) is 9.77. The van der Waals surface area contributed by atoms with E-state index < -0.39 is 0 Å². The van der Waals surface area contributed by atoms with Gasteiger partial charge in [0.05, 0.1) is 13.7 Å². The average Bonchev–Trinajstić information content (AvgIpc) is 3.08. The van der Waals surface area contributed by atoms with Crippen LogP contribution in [0.25, 0.3) is 10.9 Å². The smallest absolute Gasteiger partial charge is 0.166 e. The Morgan fingerprint density at radius 2 is 2.00 bits per heavy atom. The summed E-state index contributed by atoms with van der Waals surface area (Å²) in [4.78, 5) is 3.33. The zero-order valence-corrected chi connectivity index (χ0v) is 16.9. The van der Waals surface area contributed by atoms with E-state index in [2.05, 4.69) is 63.6 Å². The number of aromatic amines is 1. The van der Waals surface area contributed by atoms with Crippen LogP contribution in [0.2, 0.25) is 0 Å². The van der Waals surface area contributed by atoms with Gasteiger partial charge in [-0.1, -0.05) is 41.1 Å². The number of H-pyrrole nitrogens is 1. The first-order chi connectivity index (χ1) is 12.7. The van der Waals surface area contributed by atoms with Crippen LogP contribution in [0.15, 0.2) is 47.1 Å². The molecular formula is C21H25BrN2O2. The van der Waals surface area contributed by atoms with Crippen LogP contribution >= 0.6 is 15.9 Å². The molecule has 1 heterocycles. The number of halogens is 1. The summed E-state index contributed by atoms with van der Waals surface area (Å²) in [7, 11) is 1.68. The number of benzene rings is 2. The molecule has 0 aliphatic heterocycles. The Hall–Kier alpha value is -1.98. The Bertz CT molecular complexity index is 860. The normalized spacial score (nSPS) is 11.0. The van der Waals surface area contributed by atoms with Crippen molar-refractivity contribution in [1.29, 1.82) is 0 Å². The first-order valence-electron chi connectivity index (χ1n) is 8.98. The number of para-hydroxylation sites is 1. The monoisotopic (exact) mass is 416 g/mol. The SMILES string of the molecule is CCCOc1c(OC)ccc(Br)c1CNCCc1c[nH]c2ccccc12. The lowest BCUT2D eigenvalue weighted by Gasteiger charge is -2.17. The molecule has 3 rings (SSSR count). The zero-order valence-electron chi connectivity index (χ0n) is 15.3. The average molecular weight is 417 g/mol. The summed E-state index contributed by atoms with van der Waals surface area (Å²) >= 11 is 3.65. The van der Waals surface area contributed by atoms with E-state index in [9.17, 15) is 0 Å². The molecule has 0 atom stereocenters.